The normalized spacial score (nSPS) is 11.3. The molecule has 0 radical (unpaired) electrons. The standard InChI is InChI=1S/C23H26N4O/c1-5-13-27(4)23(28)21-12-11-18(15-17(21)2)8-7-14-26(3)20-10-6-9-19(16-20)22(24)25/h1,6,9-12,15-16,23,28H,13-14H2,2-4H3,(H3,24,25). The molecule has 0 saturated heterocycles. The zero-order valence-corrected chi connectivity index (χ0v) is 16.5. The van der Waals surface area contributed by atoms with E-state index in [0.717, 1.165) is 22.4 Å². The van der Waals surface area contributed by atoms with Gasteiger partial charge in [-0.05, 0) is 49.4 Å². The maximum Gasteiger partial charge on any atom is 0.134 e. The van der Waals surface area contributed by atoms with Gasteiger partial charge < -0.3 is 15.7 Å². The molecule has 2 aromatic carbocycles. The van der Waals surface area contributed by atoms with E-state index in [2.05, 4.69) is 17.8 Å². The van der Waals surface area contributed by atoms with Crippen molar-refractivity contribution in [2.45, 2.75) is 13.2 Å². The zero-order valence-electron chi connectivity index (χ0n) is 16.5. The summed E-state index contributed by atoms with van der Waals surface area (Å²) in [4.78, 5) is 3.71. The Bertz CT molecular complexity index is 949. The highest BCUT2D eigenvalue weighted by Gasteiger charge is 2.14. The zero-order chi connectivity index (χ0) is 20.7. The molecular weight excluding hydrogens is 348 g/mol. The van der Waals surface area contributed by atoms with E-state index >= 15 is 0 Å². The number of aliphatic hydroxyl groups excluding tert-OH is 1. The quantitative estimate of drug-likeness (QED) is 0.314. The largest absolute Gasteiger partial charge is 0.384 e. The van der Waals surface area contributed by atoms with Crippen LogP contribution < -0.4 is 10.6 Å². The van der Waals surface area contributed by atoms with E-state index in [1.54, 1.807) is 11.9 Å². The van der Waals surface area contributed by atoms with Crippen molar-refractivity contribution >= 4 is 11.5 Å². The van der Waals surface area contributed by atoms with Crippen molar-refractivity contribution in [1.29, 1.82) is 5.41 Å². The predicted molar refractivity (Wildman–Crippen MR) is 115 cm³/mol. The minimum atomic E-state index is -0.738. The molecule has 0 bridgehead atoms. The topological polar surface area (TPSA) is 76.6 Å². The molecule has 0 aliphatic carbocycles. The van der Waals surface area contributed by atoms with Gasteiger partial charge in [0.1, 0.15) is 12.1 Å². The van der Waals surface area contributed by atoms with Crippen LogP contribution in [0.4, 0.5) is 5.69 Å². The second-order valence-electron chi connectivity index (χ2n) is 6.69. The van der Waals surface area contributed by atoms with Gasteiger partial charge in [-0.15, -0.1) is 6.42 Å². The lowest BCUT2D eigenvalue weighted by Gasteiger charge is -2.23. The Hall–Kier alpha value is -3.25. The summed E-state index contributed by atoms with van der Waals surface area (Å²) >= 11 is 0. The molecule has 1 atom stereocenters. The maximum atomic E-state index is 10.4. The molecule has 144 valence electrons. The van der Waals surface area contributed by atoms with Gasteiger partial charge in [0, 0.05) is 23.9 Å². The summed E-state index contributed by atoms with van der Waals surface area (Å²) in [5.74, 6) is 8.90. The molecule has 2 aromatic rings. The Morgan fingerprint density at radius 2 is 1.96 bits per heavy atom. The Kier molecular flexibility index (Phi) is 7.23. The van der Waals surface area contributed by atoms with E-state index in [-0.39, 0.29) is 5.84 Å². The number of anilines is 1. The number of aryl methyl sites for hydroxylation is 1. The highest BCUT2D eigenvalue weighted by molar-refractivity contribution is 5.95. The van der Waals surface area contributed by atoms with Gasteiger partial charge in [-0.1, -0.05) is 36.0 Å². The number of nitrogens with one attached hydrogen (secondary N) is 1. The predicted octanol–water partition coefficient (Wildman–Crippen LogP) is 2.32. The number of terminal acetylenes is 1. The SMILES string of the molecule is C#CCN(C)C(O)c1ccc(C#CCN(C)c2cccc(C(=N)N)c2)cc1C. The molecule has 0 aromatic heterocycles. The van der Waals surface area contributed by atoms with E-state index < -0.39 is 6.23 Å². The number of amidine groups is 1. The van der Waals surface area contributed by atoms with Crippen LogP contribution in [0.25, 0.3) is 0 Å². The molecule has 0 fully saturated rings. The van der Waals surface area contributed by atoms with Crippen LogP contribution in [0.5, 0.6) is 0 Å². The minimum Gasteiger partial charge on any atom is -0.384 e. The first-order valence-electron chi connectivity index (χ1n) is 8.90. The lowest BCUT2D eigenvalue weighted by atomic mass is 10.0. The molecule has 28 heavy (non-hydrogen) atoms. The summed E-state index contributed by atoms with van der Waals surface area (Å²) in [5, 5.41) is 17.9. The molecular formula is C23H26N4O. The van der Waals surface area contributed by atoms with Gasteiger partial charge in [-0.2, -0.15) is 0 Å². The average Bonchev–Trinajstić information content (AvgIpc) is 2.67. The number of nitrogen functional groups attached to an aromatic ring is 1. The number of nitrogens with zero attached hydrogens (tertiary/aromatic N) is 2. The van der Waals surface area contributed by atoms with Crippen molar-refractivity contribution in [2.75, 3.05) is 32.1 Å². The van der Waals surface area contributed by atoms with E-state index in [9.17, 15) is 5.11 Å². The minimum absolute atomic E-state index is 0.0481. The van der Waals surface area contributed by atoms with E-state index in [1.165, 1.54) is 0 Å². The van der Waals surface area contributed by atoms with Crippen LogP contribution in [-0.4, -0.2) is 43.0 Å². The number of aliphatic hydroxyl groups is 1. The number of hydrogen-bond donors (Lipinski definition) is 3. The second kappa shape index (κ2) is 9.62. The van der Waals surface area contributed by atoms with Crippen molar-refractivity contribution in [3.63, 3.8) is 0 Å². The fourth-order valence-electron chi connectivity index (χ4n) is 2.77. The molecule has 0 amide bonds. The van der Waals surface area contributed by atoms with E-state index in [4.69, 9.17) is 17.6 Å². The second-order valence-corrected chi connectivity index (χ2v) is 6.69. The summed E-state index contributed by atoms with van der Waals surface area (Å²) in [7, 11) is 3.73. The summed E-state index contributed by atoms with van der Waals surface area (Å²) < 4.78 is 0. The molecule has 0 aliphatic rings. The number of nitrogens with two attached hydrogens (primary N) is 1. The van der Waals surface area contributed by atoms with E-state index in [1.807, 2.05) is 61.3 Å². The lowest BCUT2D eigenvalue weighted by Crippen LogP contribution is -2.25. The third kappa shape index (κ3) is 5.37. The van der Waals surface area contributed by atoms with Gasteiger partial charge in [-0.25, -0.2) is 0 Å². The molecule has 0 spiro atoms. The van der Waals surface area contributed by atoms with Crippen LogP contribution in [0.2, 0.25) is 0 Å². The Morgan fingerprint density at radius 3 is 2.61 bits per heavy atom. The molecule has 0 aliphatic heterocycles. The number of benzene rings is 2. The number of hydrogen-bond acceptors (Lipinski definition) is 4. The third-order valence-corrected chi connectivity index (χ3v) is 4.45. The summed E-state index contributed by atoms with van der Waals surface area (Å²) in [6.45, 7) is 2.86. The van der Waals surface area contributed by atoms with Crippen LogP contribution in [-0.2, 0) is 0 Å². The van der Waals surface area contributed by atoms with Crippen molar-refractivity contribution in [1.82, 2.24) is 4.90 Å². The fourth-order valence-corrected chi connectivity index (χ4v) is 2.77. The Morgan fingerprint density at radius 1 is 1.21 bits per heavy atom. The average molecular weight is 374 g/mol. The van der Waals surface area contributed by atoms with Crippen molar-refractivity contribution < 1.29 is 5.11 Å². The lowest BCUT2D eigenvalue weighted by molar-refractivity contribution is 0.0298. The van der Waals surface area contributed by atoms with Gasteiger partial charge in [0.2, 0.25) is 0 Å². The smallest absolute Gasteiger partial charge is 0.134 e. The van der Waals surface area contributed by atoms with Crippen molar-refractivity contribution in [3.05, 3.63) is 64.7 Å². The van der Waals surface area contributed by atoms with E-state index in [0.29, 0.717) is 18.7 Å². The molecule has 0 heterocycles. The van der Waals surface area contributed by atoms with Crippen LogP contribution in [0, 0.1) is 36.5 Å². The first kappa shape index (κ1) is 21.1. The molecule has 5 nitrogen and oxygen atoms in total. The van der Waals surface area contributed by atoms with Crippen LogP contribution in [0.3, 0.4) is 0 Å². The maximum absolute atomic E-state index is 10.4. The van der Waals surface area contributed by atoms with Crippen LogP contribution in [0.15, 0.2) is 42.5 Å². The molecule has 1 unspecified atom stereocenters. The monoisotopic (exact) mass is 374 g/mol. The number of rotatable bonds is 6. The van der Waals surface area contributed by atoms with Crippen molar-refractivity contribution in [2.24, 2.45) is 5.73 Å². The molecule has 2 rings (SSSR count). The third-order valence-electron chi connectivity index (χ3n) is 4.45. The van der Waals surface area contributed by atoms with Gasteiger partial charge in [0.15, 0.2) is 0 Å². The van der Waals surface area contributed by atoms with Crippen LogP contribution >= 0.6 is 0 Å². The highest BCUT2D eigenvalue weighted by atomic mass is 16.3. The Balaban J connectivity index is 2.08. The summed E-state index contributed by atoms with van der Waals surface area (Å²) in [6, 6.07) is 13.3. The summed E-state index contributed by atoms with van der Waals surface area (Å²) in [5.41, 5.74) is 9.86. The van der Waals surface area contributed by atoms with Gasteiger partial charge in [-0.3, -0.25) is 10.3 Å². The molecule has 5 heteroatoms. The Labute approximate surface area is 167 Å². The van der Waals surface area contributed by atoms with Gasteiger partial charge >= 0.3 is 0 Å². The van der Waals surface area contributed by atoms with Crippen molar-refractivity contribution in [3.8, 4) is 24.2 Å². The first-order chi connectivity index (χ1) is 13.3. The molecule has 0 saturated carbocycles. The van der Waals surface area contributed by atoms with Gasteiger partial charge in [0.05, 0.1) is 13.1 Å². The summed E-state index contributed by atoms with van der Waals surface area (Å²) in [6.07, 6.45) is 4.57. The highest BCUT2D eigenvalue weighted by Crippen LogP contribution is 2.21. The molecule has 4 N–H and O–H groups in total. The first-order valence-corrected chi connectivity index (χ1v) is 8.90. The van der Waals surface area contributed by atoms with Crippen LogP contribution in [0.1, 0.15) is 28.5 Å². The fraction of sp³-hybridized carbons (Fsp3) is 0.261. The van der Waals surface area contributed by atoms with Gasteiger partial charge in [0.25, 0.3) is 0 Å².